The maximum Gasteiger partial charge on any atom is 0.270 e. The number of benzene rings is 1. The lowest BCUT2D eigenvalue weighted by atomic mass is 10.1. The summed E-state index contributed by atoms with van der Waals surface area (Å²) in [7, 11) is 1.79. The Hall–Kier alpha value is -3.34. The van der Waals surface area contributed by atoms with E-state index in [-0.39, 0.29) is 18.1 Å². The van der Waals surface area contributed by atoms with E-state index in [2.05, 4.69) is 15.4 Å². The van der Waals surface area contributed by atoms with Crippen molar-refractivity contribution >= 4 is 27.5 Å². The molecular weight excluding hydrogens is 447 g/mol. The molecule has 0 bridgehead atoms. The van der Waals surface area contributed by atoms with E-state index in [1.807, 2.05) is 5.38 Å². The van der Waals surface area contributed by atoms with Gasteiger partial charge in [0, 0.05) is 31.5 Å². The van der Waals surface area contributed by atoms with Crippen molar-refractivity contribution in [1.29, 1.82) is 0 Å². The number of aliphatic hydroxyl groups is 1. The zero-order valence-corrected chi connectivity index (χ0v) is 18.5. The molecule has 1 saturated heterocycles. The van der Waals surface area contributed by atoms with Crippen LogP contribution in [0, 0.1) is 5.82 Å². The van der Waals surface area contributed by atoms with Gasteiger partial charge in [-0.05, 0) is 35.6 Å². The molecule has 1 aliphatic heterocycles. The van der Waals surface area contributed by atoms with Gasteiger partial charge >= 0.3 is 0 Å². The molecule has 0 aliphatic carbocycles. The van der Waals surface area contributed by atoms with E-state index >= 15 is 0 Å². The molecule has 0 unspecified atom stereocenters. The molecule has 5 rings (SSSR count). The van der Waals surface area contributed by atoms with Crippen LogP contribution >= 0.6 is 11.3 Å². The van der Waals surface area contributed by atoms with Crippen LogP contribution in [0.3, 0.4) is 0 Å². The fourth-order valence-electron chi connectivity index (χ4n) is 3.68. The molecular formula is C23H21FN4O4S. The summed E-state index contributed by atoms with van der Waals surface area (Å²) >= 11 is 1.39. The molecule has 0 spiro atoms. The van der Waals surface area contributed by atoms with Gasteiger partial charge in [-0.1, -0.05) is 6.07 Å². The van der Waals surface area contributed by atoms with Gasteiger partial charge in [0.2, 0.25) is 0 Å². The van der Waals surface area contributed by atoms with Gasteiger partial charge in [0.05, 0.1) is 35.2 Å². The molecule has 0 saturated carbocycles. The number of fused-ring (bicyclic) bond motifs is 1. The summed E-state index contributed by atoms with van der Waals surface area (Å²) in [6, 6.07) is 7.42. The van der Waals surface area contributed by atoms with Crippen molar-refractivity contribution in [3.05, 3.63) is 59.6 Å². The number of nitrogens with zero attached hydrogens (tertiary/aromatic N) is 3. The van der Waals surface area contributed by atoms with E-state index in [9.17, 15) is 14.3 Å². The van der Waals surface area contributed by atoms with Gasteiger partial charge < -0.3 is 19.9 Å². The van der Waals surface area contributed by atoms with Crippen molar-refractivity contribution in [2.24, 2.45) is 7.05 Å². The standard InChI is InChI=1S/C23H21FN4O4S/c1-28-11-14(10-25-28)13-2-3-20(15(24)8-13)32-21-9-17(26-16-5-7-33-22(16)21)23(30)27-18-12-31-6-4-19(18)29/h2-3,5,7-11,18-19,29H,4,6,12H2,1H3,(H,27,30)/t18-,19-/m0/s1. The molecule has 2 atom stereocenters. The van der Waals surface area contributed by atoms with Crippen LogP contribution in [-0.4, -0.2) is 51.1 Å². The first-order valence-electron chi connectivity index (χ1n) is 10.4. The molecule has 33 heavy (non-hydrogen) atoms. The molecule has 1 fully saturated rings. The average molecular weight is 469 g/mol. The summed E-state index contributed by atoms with van der Waals surface area (Å²) in [6.45, 7) is 0.682. The number of thiophene rings is 1. The molecule has 1 aliphatic rings. The van der Waals surface area contributed by atoms with Crippen LogP contribution < -0.4 is 10.1 Å². The number of hydrogen-bond acceptors (Lipinski definition) is 7. The minimum atomic E-state index is -0.685. The Balaban J connectivity index is 1.42. The van der Waals surface area contributed by atoms with Crippen LogP contribution in [0.5, 0.6) is 11.5 Å². The first kappa shape index (κ1) is 21.5. The summed E-state index contributed by atoms with van der Waals surface area (Å²) in [6.07, 6.45) is 3.22. The lowest BCUT2D eigenvalue weighted by Gasteiger charge is -2.28. The van der Waals surface area contributed by atoms with Gasteiger partial charge in [0.1, 0.15) is 11.4 Å². The third-order valence-electron chi connectivity index (χ3n) is 5.44. The predicted molar refractivity (Wildman–Crippen MR) is 121 cm³/mol. The fourth-order valence-corrected chi connectivity index (χ4v) is 4.46. The van der Waals surface area contributed by atoms with Crippen LogP contribution in [0.1, 0.15) is 16.9 Å². The summed E-state index contributed by atoms with van der Waals surface area (Å²) < 4.78 is 28.5. The van der Waals surface area contributed by atoms with E-state index in [4.69, 9.17) is 9.47 Å². The van der Waals surface area contributed by atoms with E-state index in [1.54, 1.807) is 42.3 Å². The lowest BCUT2D eigenvalue weighted by molar-refractivity contribution is -0.0140. The summed E-state index contributed by atoms with van der Waals surface area (Å²) in [4.78, 5) is 17.2. The second-order valence-corrected chi connectivity index (χ2v) is 8.72. The van der Waals surface area contributed by atoms with Gasteiger partial charge in [0.15, 0.2) is 11.6 Å². The van der Waals surface area contributed by atoms with Gasteiger partial charge in [-0.3, -0.25) is 9.48 Å². The van der Waals surface area contributed by atoms with Crippen molar-refractivity contribution in [1.82, 2.24) is 20.1 Å². The van der Waals surface area contributed by atoms with Crippen molar-refractivity contribution in [3.63, 3.8) is 0 Å². The Morgan fingerprint density at radius 2 is 2.18 bits per heavy atom. The number of rotatable bonds is 5. The predicted octanol–water partition coefficient (Wildman–Crippen LogP) is 3.51. The van der Waals surface area contributed by atoms with Crippen LogP contribution in [0.25, 0.3) is 21.3 Å². The molecule has 2 N–H and O–H groups in total. The second-order valence-electron chi connectivity index (χ2n) is 7.80. The lowest BCUT2D eigenvalue weighted by Crippen LogP contribution is -2.49. The molecule has 0 radical (unpaired) electrons. The molecule has 4 heterocycles. The van der Waals surface area contributed by atoms with Gasteiger partial charge in [-0.25, -0.2) is 9.37 Å². The molecule has 10 heteroatoms. The van der Waals surface area contributed by atoms with Crippen LogP contribution in [0.2, 0.25) is 0 Å². The average Bonchev–Trinajstić information content (AvgIpc) is 3.45. The Bertz CT molecular complexity index is 1320. The van der Waals surface area contributed by atoms with Gasteiger partial charge in [-0.2, -0.15) is 5.10 Å². The number of pyridine rings is 1. The minimum Gasteiger partial charge on any atom is -0.453 e. The second kappa shape index (κ2) is 8.89. The van der Waals surface area contributed by atoms with Crippen LogP contribution in [0.15, 0.2) is 48.1 Å². The Morgan fingerprint density at radius 3 is 2.94 bits per heavy atom. The van der Waals surface area contributed by atoms with E-state index in [0.29, 0.717) is 34.6 Å². The Labute approximate surface area is 192 Å². The number of carbonyl (C=O) groups excluding carboxylic acids is 1. The maximum absolute atomic E-state index is 14.9. The third-order valence-corrected chi connectivity index (χ3v) is 6.35. The van der Waals surface area contributed by atoms with E-state index in [1.165, 1.54) is 23.5 Å². The first-order valence-corrected chi connectivity index (χ1v) is 11.3. The van der Waals surface area contributed by atoms with Crippen molar-refractivity contribution in [2.75, 3.05) is 13.2 Å². The van der Waals surface area contributed by atoms with Crippen LogP contribution in [0.4, 0.5) is 4.39 Å². The van der Waals surface area contributed by atoms with Crippen molar-refractivity contribution in [3.8, 4) is 22.6 Å². The fraction of sp³-hybridized carbons (Fsp3) is 0.261. The quantitative estimate of drug-likeness (QED) is 0.465. The highest BCUT2D eigenvalue weighted by Crippen LogP contribution is 2.35. The first-order chi connectivity index (χ1) is 16.0. The van der Waals surface area contributed by atoms with Crippen molar-refractivity contribution < 1.29 is 23.8 Å². The number of hydrogen-bond donors (Lipinski definition) is 2. The van der Waals surface area contributed by atoms with Gasteiger partial charge in [0.25, 0.3) is 5.91 Å². The van der Waals surface area contributed by atoms with E-state index in [0.717, 1.165) is 5.56 Å². The number of carbonyl (C=O) groups is 1. The number of nitrogens with one attached hydrogen (secondary N) is 1. The zero-order valence-electron chi connectivity index (χ0n) is 17.7. The maximum atomic E-state index is 14.9. The molecule has 8 nitrogen and oxygen atoms in total. The summed E-state index contributed by atoms with van der Waals surface area (Å²) in [5.74, 6) is -0.638. The summed E-state index contributed by atoms with van der Waals surface area (Å²) in [5, 5.41) is 18.8. The topological polar surface area (TPSA) is 98.5 Å². The number of ether oxygens (including phenoxy) is 2. The highest BCUT2D eigenvalue weighted by atomic mass is 32.1. The van der Waals surface area contributed by atoms with Crippen molar-refractivity contribution in [2.45, 2.75) is 18.6 Å². The minimum absolute atomic E-state index is 0.0333. The zero-order chi connectivity index (χ0) is 22.9. The largest absolute Gasteiger partial charge is 0.453 e. The number of halogens is 1. The number of aryl methyl sites for hydroxylation is 1. The monoisotopic (exact) mass is 468 g/mol. The molecule has 170 valence electrons. The van der Waals surface area contributed by atoms with Crippen LogP contribution in [-0.2, 0) is 11.8 Å². The molecule has 1 aromatic carbocycles. The molecule has 4 aromatic rings. The Morgan fingerprint density at radius 1 is 1.30 bits per heavy atom. The smallest absolute Gasteiger partial charge is 0.270 e. The number of amides is 1. The van der Waals surface area contributed by atoms with E-state index < -0.39 is 23.9 Å². The molecule has 1 amide bonds. The normalized spacial score (nSPS) is 18.4. The van der Waals surface area contributed by atoms with Gasteiger partial charge in [-0.15, -0.1) is 11.3 Å². The Kier molecular flexibility index (Phi) is 5.79. The third kappa shape index (κ3) is 4.45. The molecule has 3 aromatic heterocycles. The SMILES string of the molecule is Cn1cc(-c2ccc(Oc3cc(C(=O)N[C@H]4COCC[C@@H]4O)nc4ccsc34)c(F)c2)cn1. The highest BCUT2D eigenvalue weighted by Gasteiger charge is 2.26. The highest BCUT2D eigenvalue weighted by molar-refractivity contribution is 7.17. The number of aliphatic hydroxyl groups excluding tert-OH is 1. The summed E-state index contributed by atoms with van der Waals surface area (Å²) in [5.41, 5.74) is 2.15. The number of aromatic nitrogens is 3.